The van der Waals surface area contributed by atoms with Crippen LogP contribution in [0.1, 0.15) is 25.0 Å². The summed E-state index contributed by atoms with van der Waals surface area (Å²) in [5, 5.41) is 16.2. The molecular weight excluding hydrogens is 250 g/mol. The summed E-state index contributed by atoms with van der Waals surface area (Å²) >= 11 is 0. The summed E-state index contributed by atoms with van der Waals surface area (Å²) in [6.45, 7) is 3.48. The first-order valence-electron chi connectivity index (χ1n) is 7.15. The molecule has 0 saturated heterocycles. The third-order valence-corrected chi connectivity index (χ3v) is 3.65. The molecular formula is C17H23NO2. The van der Waals surface area contributed by atoms with Crippen LogP contribution >= 0.6 is 0 Å². The molecule has 0 saturated carbocycles. The van der Waals surface area contributed by atoms with E-state index in [0.717, 1.165) is 23.9 Å². The zero-order valence-corrected chi connectivity index (χ0v) is 12.2. The molecule has 108 valence electrons. The Morgan fingerprint density at radius 3 is 2.60 bits per heavy atom. The van der Waals surface area contributed by atoms with Crippen LogP contribution in [0.3, 0.4) is 0 Å². The van der Waals surface area contributed by atoms with Crippen LogP contribution in [0.2, 0.25) is 0 Å². The van der Waals surface area contributed by atoms with Gasteiger partial charge in [0.2, 0.25) is 0 Å². The number of aliphatic hydroxyl groups excluding tert-OH is 1. The molecule has 0 bridgehead atoms. The first-order valence-corrected chi connectivity index (χ1v) is 7.15. The van der Waals surface area contributed by atoms with Crippen molar-refractivity contribution in [3.63, 3.8) is 0 Å². The van der Waals surface area contributed by atoms with Gasteiger partial charge in [-0.15, -0.1) is 0 Å². The summed E-state index contributed by atoms with van der Waals surface area (Å²) in [6.07, 6.45) is 0.374. The Morgan fingerprint density at radius 2 is 1.90 bits per heavy atom. The van der Waals surface area contributed by atoms with E-state index in [2.05, 4.69) is 36.5 Å². The van der Waals surface area contributed by atoms with Crippen LogP contribution in [0, 0.1) is 0 Å². The summed E-state index contributed by atoms with van der Waals surface area (Å²) in [4.78, 5) is 0. The van der Waals surface area contributed by atoms with Crippen molar-refractivity contribution in [3.05, 3.63) is 48.0 Å². The number of rotatable bonds is 7. The molecule has 20 heavy (non-hydrogen) atoms. The van der Waals surface area contributed by atoms with Crippen LogP contribution in [0.25, 0.3) is 10.8 Å². The molecule has 0 aliphatic carbocycles. The van der Waals surface area contributed by atoms with Crippen molar-refractivity contribution >= 4 is 10.8 Å². The second-order valence-electron chi connectivity index (χ2n) is 5.01. The van der Waals surface area contributed by atoms with Crippen molar-refractivity contribution < 1.29 is 9.84 Å². The van der Waals surface area contributed by atoms with Gasteiger partial charge in [-0.05, 0) is 28.8 Å². The summed E-state index contributed by atoms with van der Waals surface area (Å²) in [7, 11) is 1.68. The van der Waals surface area contributed by atoms with E-state index < -0.39 is 6.10 Å². The zero-order valence-electron chi connectivity index (χ0n) is 12.2. The fraction of sp³-hybridized carbons (Fsp3) is 0.412. The highest BCUT2D eigenvalue weighted by Gasteiger charge is 2.18. The molecule has 3 nitrogen and oxygen atoms in total. The molecule has 0 aliphatic rings. The van der Waals surface area contributed by atoms with E-state index >= 15 is 0 Å². The Kier molecular flexibility index (Phi) is 5.53. The molecule has 0 radical (unpaired) electrons. The van der Waals surface area contributed by atoms with Crippen molar-refractivity contribution in [2.75, 3.05) is 20.3 Å². The molecule has 2 aromatic carbocycles. The third-order valence-electron chi connectivity index (χ3n) is 3.65. The van der Waals surface area contributed by atoms with E-state index in [1.54, 1.807) is 7.11 Å². The quantitative estimate of drug-likeness (QED) is 0.762. The lowest BCUT2D eigenvalue weighted by molar-refractivity contribution is 0.117. The van der Waals surface area contributed by atoms with Gasteiger partial charge in [-0.1, -0.05) is 43.3 Å². The number of ether oxygens (including phenoxy) is 1. The van der Waals surface area contributed by atoms with Crippen LogP contribution in [-0.2, 0) is 4.74 Å². The minimum atomic E-state index is -0.499. The fourth-order valence-corrected chi connectivity index (χ4v) is 2.45. The highest BCUT2D eigenvalue weighted by molar-refractivity contribution is 5.83. The normalized spacial score (nSPS) is 14.3. The van der Waals surface area contributed by atoms with Gasteiger partial charge in [0.05, 0.1) is 12.7 Å². The van der Waals surface area contributed by atoms with Crippen LogP contribution in [0.4, 0.5) is 0 Å². The highest BCUT2D eigenvalue weighted by atomic mass is 16.5. The maximum absolute atomic E-state index is 10.5. The molecule has 0 spiro atoms. The minimum Gasteiger partial charge on any atom is -0.387 e. The van der Waals surface area contributed by atoms with Crippen molar-refractivity contribution in [3.8, 4) is 0 Å². The van der Waals surface area contributed by atoms with E-state index in [1.807, 2.05) is 18.2 Å². The van der Waals surface area contributed by atoms with Crippen LogP contribution in [0.5, 0.6) is 0 Å². The Hall–Kier alpha value is -1.42. The molecule has 2 unspecified atom stereocenters. The third kappa shape index (κ3) is 3.57. The Balaban J connectivity index is 2.13. The molecule has 0 aliphatic heterocycles. The van der Waals surface area contributed by atoms with E-state index in [1.165, 1.54) is 5.39 Å². The molecule has 0 amide bonds. The Morgan fingerprint density at radius 1 is 1.15 bits per heavy atom. The molecule has 2 atom stereocenters. The average molecular weight is 273 g/mol. The maximum atomic E-state index is 10.5. The van der Waals surface area contributed by atoms with Gasteiger partial charge in [-0.3, -0.25) is 0 Å². The van der Waals surface area contributed by atoms with Gasteiger partial charge in [0.25, 0.3) is 0 Å². The predicted molar refractivity (Wildman–Crippen MR) is 82.9 cm³/mol. The van der Waals surface area contributed by atoms with Crippen molar-refractivity contribution in [2.45, 2.75) is 25.5 Å². The number of hydrogen-bond donors (Lipinski definition) is 2. The number of nitrogens with one attached hydrogen (secondary N) is 1. The smallest absolute Gasteiger partial charge is 0.0943 e. The Bertz CT molecular complexity index is 541. The largest absolute Gasteiger partial charge is 0.387 e. The van der Waals surface area contributed by atoms with E-state index in [4.69, 9.17) is 4.74 Å². The van der Waals surface area contributed by atoms with E-state index in [0.29, 0.717) is 6.61 Å². The molecule has 2 aromatic rings. The zero-order chi connectivity index (χ0) is 14.4. The first kappa shape index (κ1) is 15.0. The molecule has 0 aromatic heterocycles. The summed E-state index contributed by atoms with van der Waals surface area (Å²) in [5.41, 5.74) is 0.959. The van der Waals surface area contributed by atoms with Gasteiger partial charge in [-0.25, -0.2) is 0 Å². The number of hydrogen-bond acceptors (Lipinski definition) is 3. The van der Waals surface area contributed by atoms with E-state index in [9.17, 15) is 5.11 Å². The molecule has 0 heterocycles. The second-order valence-corrected chi connectivity index (χ2v) is 5.01. The average Bonchev–Trinajstić information content (AvgIpc) is 2.50. The van der Waals surface area contributed by atoms with Gasteiger partial charge in [-0.2, -0.15) is 0 Å². The minimum absolute atomic E-state index is 0.0475. The first-order chi connectivity index (χ1) is 9.76. The van der Waals surface area contributed by atoms with Crippen LogP contribution < -0.4 is 5.32 Å². The van der Waals surface area contributed by atoms with Crippen molar-refractivity contribution in [2.24, 2.45) is 0 Å². The van der Waals surface area contributed by atoms with Crippen molar-refractivity contribution in [1.82, 2.24) is 5.32 Å². The summed E-state index contributed by atoms with van der Waals surface area (Å²) in [5.74, 6) is 0. The number of aliphatic hydroxyl groups is 1. The number of benzene rings is 2. The van der Waals surface area contributed by atoms with E-state index in [-0.39, 0.29) is 6.04 Å². The standard InChI is InChI=1S/C17H23NO2/c1-3-16(18-10-11-20-2)17(19)15-9-8-13-6-4-5-7-14(13)12-15/h4-9,12,16-19H,3,10-11H2,1-2H3. The van der Waals surface area contributed by atoms with Gasteiger partial charge in [0.15, 0.2) is 0 Å². The molecule has 2 N–H and O–H groups in total. The second kappa shape index (κ2) is 7.39. The predicted octanol–water partition coefficient (Wildman–Crippen LogP) is 2.89. The number of methoxy groups -OCH3 is 1. The van der Waals surface area contributed by atoms with Crippen LogP contribution in [0.15, 0.2) is 42.5 Å². The fourth-order valence-electron chi connectivity index (χ4n) is 2.45. The van der Waals surface area contributed by atoms with Gasteiger partial charge in [0.1, 0.15) is 0 Å². The van der Waals surface area contributed by atoms with Gasteiger partial charge >= 0.3 is 0 Å². The summed E-state index contributed by atoms with van der Waals surface area (Å²) in [6, 6.07) is 14.4. The lowest BCUT2D eigenvalue weighted by atomic mass is 9.97. The van der Waals surface area contributed by atoms with Gasteiger partial charge in [0, 0.05) is 19.7 Å². The van der Waals surface area contributed by atoms with Crippen LogP contribution in [-0.4, -0.2) is 31.4 Å². The maximum Gasteiger partial charge on any atom is 0.0943 e. The lowest BCUT2D eigenvalue weighted by Crippen LogP contribution is -2.36. The van der Waals surface area contributed by atoms with Gasteiger partial charge < -0.3 is 15.2 Å². The monoisotopic (exact) mass is 273 g/mol. The number of fused-ring (bicyclic) bond motifs is 1. The molecule has 2 rings (SSSR count). The highest BCUT2D eigenvalue weighted by Crippen LogP contribution is 2.23. The molecule has 3 heteroatoms. The lowest BCUT2D eigenvalue weighted by Gasteiger charge is -2.23. The van der Waals surface area contributed by atoms with Crippen molar-refractivity contribution in [1.29, 1.82) is 0 Å². The SMILES string of the molecule is CCC(NCCOC)C(O)c1ccc2ccccc2c1. The summed E-state index contributed by atoms with van der Waals surface area (Å²) < 4.78 is 5.04. The Labute approximate surface area is 120 Å². The topological polar surface area (TPSA) is 41.5 Å². The molecule has 0 fully saturated rings.